The standard InChI is InChI=1S/C13H24N4/c1-3-17-10-11(9-15-17)8-12(16-14)13(2)6-4-5-7-13/h9-10,12,16H,3-8,14H2,1-2H3. The molecule has 96 valence electrons. The number of rotatable bonds is 5. The van der Waals surface area contributed by atoms with E-state index in [-0.39, 0.29) is 0 Å². The Morgan fingerprint density at radius 2 is 2.24 bits per heavy atom. The summed E-state index contributed by atoms with van der Waals surface area (Å²) in [6, 6.07) is 0.361. The smallest absolute Gasteiger partial charge is 0.0522 e. The number of nitrogens with one attached hydrogen (secondary N) is 1. The molecule has 4 nitrogen and oxygen atoms in total. The minimum Gasteiger partial charge on any atom is -0.273 e. The van der Waals surface area contributed by atoms with Gasteiger partial charge in [-0.25, -0.2) is 0 Å². The van der Waals surface area contributed by atoms with E-state index >= 15 is 0 Å². The SMILES string of the molecule is CCn1cc(CC(NN)C2(C)CCCC2)cn1. The summed E-state index contributed by atoms with van der Waals surface area (Å²) in [5, 5.41) is 4.32. The van der Waals surface area contributed by atoms with Crippen LogP contribution in [0.4, 0.5) is 0 Å². The molecule has 0 radical (unpaired) electrons. The maximum absolute atomic E-state index is 5.75. The number of hydrogen-bond donors (Lipinski definition) is 2. The second kappa shape index (κ2) is 5.19. The van der Waals surface area contributed by atoms with Gasteiger partial charge in [-0.15, -0.1) is 0 Å². The van der Waals surface area contributed by atoms with Gasteiger partial charge in [0.25, 0.3) is 0 Å². The molecule has 0 saturated heterocycles. The Labute approximate surface area is 104 Å². The average Bonchev–Trinajstić information content (AvgIpc) is 2.95. The van der Waals surface area contributed by atoms with Crippen molar-refractivity contribution in [1.29, 1.82) is 0 Å². The van der Waals surface area contributed by atoms with Crippen LogP contribution in [0.15, 0.2) is 12.4 Å². The molecule has 1 aliphatic rings. The summed E-state index contributed by atoms with van der Waals surface area (Å²) in [5.41, 5.74) is 4.65. The van der Waals surface area contributed by atoms with Crippen molar-refractivity contribution in [3.63, 3.8) is 0 Å². The molecule has 0 amide bonds. The first-order valence-electron chi connectivity index (χ1n) is 6.65. The van der Waals surface area contributed by atoms with Crippen LogP contribution in [-0.2, 0) is 13.0 Å². The average molecular weight is 236 g/mol. The zero-order valence-electron chi connectivity index (χ0n) is 10.9. The van der Waals surface area contributed by atoms with Crippen LogP contribution in [0.3, 0.4) is 0 Å². The summed E-state index contributed by atoms with van der Waals surface area (Å²) < 4.78 is 1.97. The minimum atomic E-state index is 0.350. The lowest BCUT2D eigenvalue weighted by Gasteiger charge is -2.33. The zero-order valence-corrected chi connectivity index (χ0v) is 10.9. The number of hydrazine groups is 1. The van der Waals surface area contributed by atoms with Crippen LogP contribution in [0.2, 0.25) is 0 Å². The predicted octanol–water partition coefficient (Wildman–Crippen LogP) is 1.86. The van der Waals surface area contributed by atoms with Crippen LogP contribution >= 0.6 is 0 Å². The van der Waals surface area contributed by atoms with Crippen molar-refractivity contribution in [2.24, 2.45) is 11.3 Å². The molecule has 1 aromatic heterocycles. The third kappa shape index (κ3) is 2.69. The second-order valence-electron chi connectivity index (χ2n) is 5.49. The third-order valence-corrected chi connectivity index (χ3v) is 4.24. The molecule has 0 bridgehead atoms. The molecule has 1 saturated carbocycles. The van der Waals surface area contributed by atoms with Crippen molar-refractivity contribution < 1.29 is 0 Å². The summed E-state index contributed by atoms with van der Waals surface area (Å²) >= 11 is 0. The van der Waals surface area contributed by atoms with Gasteiger partial charge in [0.2, 0.25) is 0 Å². The summed E-state index contributed by atoms with van der Waals surface area (Å²) in [7, 11) is 0. The van der Waals surface area contributed by atoms with Crippen LogP contribution in [-0.4, -0.2) is 15.8 Å². The lowest BCUT2D eigenvalue weighted by Crippen LogP contribution is -2.47. The molecule has 17 heavy (non-hydrogen) atoms. The van der Waals surface area contributed by atoms with Gasteiger partial charge in [0.1, 0.15) is 0 Å². The van der Waals surface area contributed by atoms with E-state index in [2.05, 4.69) is 30.6 Å². The van der Waals surface area contributed by atoms with Crippen molar-refractivity contribution in [2.45, 2.75) is 58.5 Å². The molecule has 1 heterocycles. The van der Waals surface area contributed by atoms with Crippen molar-refractivity contribution in [3.05, 3.63) is 18.0 Å². The normalized spacial score (nSPS) is 20.6. The van der Waals surface area contributed by atoms with Crippen molar-refractivity contribution in [1.82, 2.24) is 15.2 Å². The van der Waals surface area contributed by atoms with Crippen LogP contribution in [0.5, 0.6) is 0 Å². The summed E-state index contributed by atoms with van der Waals surface area (Å²) in [5.74, 6) is 5.75. The Morgan fingerprint density at radius 3 is 2.76 bits per heavy atom. The van der Waals surface area contributed by atoms with E-state index in [0.29, 0.717) is 11.5 Å². The highest BCUT2D eigenvalue weighted by molar-refractivity contribution is 5.08. The highest BCUT2D eigenvalue weighted by Crippen LogP contribution is 2.41. The van der Waals surface area contributed by atoms with Gasteiger partial charge in [0, 0.05) is 18.8 Å². The molecule has 1 aliphatic carbocycles. The van der Waals surface area contributed by atoms with Gasteiger partial charge in [-0.05, 0) is 37.2 Å². The maximum atomic E-state index is 5.75. The quantitative estimate of drug-likeness (QED) is 0.606. The van der Waals surface area contributed by atoms with Gasteiger partial charge in [-0.3, -0.25) is 16.0 Å². The lowest BCUT2D eigenvalue weighted by atomic mass is 9.78. The van der Waals surface area contributed by atoms with Crippen molar-refractivity contribution in [2.75, 3.05) is 0 Å². The Hall–Kier alpha value is -0.870. The van der Waals surface area contributed by atoms with Crippen LogP contribution < -0.4 is 11.3 Å². The van der Waals surface area contributed by atoms with E-state index < -0.39 is 0 Å². The Morgan fingerprint density at radius 1 is 1.53 bits per heavy atom. The number of aromatic nitrogens is 2. The molecule has 1 atom stereocenters. The van der Waals surface area contributed by atoms with E-state index in [9.17, 15) is 0 Å². The molecule has 4 heteroatoms. The van der Waals surface area contributed by atoms with Gasteiger partial charge >= 0.3 is 0 Å². The predicted molar refractivity (Wildman–Crippen MR) is 69.3 cm³/mol. The molecular weight excluding hydrogens is 212 g/mol. The molecule has 1 aromatic rings. The van der Waals surface area contributed by atoms with Crippen LogP contribution in [0.25, 0.3) is 0 Å². The first kappa shape index (κ1) is 12.6. The van der Waals surface area contributed by atoms with E-state index in [1.54, 1.807) is 0 Å². The largest absolute Gasteiger partial charge is 0.273 e. The Kier molecular flexibility index (Phi) is 3.84. The van der Waals surface area contributed by atoms with E-state index in [1.165, 1.54) is 31.2 Å². The second-order valence-corrected chi connectivity index (χ2v) is 5.49. The van der Waals surface area contributed by atoms with Gasteiger partial charge in [-0.2, -0.15) is 5.10 Å². The molecule has 3 N–H and O–H groups in total. The fourth-order valence-corrected chi connectivity index (χ4v) is 2.96. The molecule has 0 aromatic carbocycles. The Balaban J connectivity index is 2.04. The van der Waals surface area contributed by atoms with Gasteiger partial charge in [-0.1, -0.05) is 19.8 Å². The van der Waals surface area contributed by atoms with Crippen molar-refractivity contribution in [3.8, 4) is 0 Å². The monoisotopic (exact) mass is 236 g/mol. The molecule has 1 unspecified atom stereocenters. The number of nitrogens with two attached hydrogens (primary N) is 1. The number of nitrogens with zero attached hydrogens (tertiary/aromatic N) is 2. The van der Waals surface area contributed by atoms with E-state index in [1.807, 2.05) is 10.9 Å². The fourth-order valence-electron chi connectivity index (χ4n) is 2.96. The Bertz CT molecular complexity index is 352. The first-order valence-corrected chi connectivity index (χ1v) is 6.65. The summed E-state index contributed by atoms with van der Waals surface area (Å²) in [6.45, 7) is 5.39. The van der Waals surface area contributed by atoms with Crippen LogP contribution in [0, 0.1) is 5.41 Å². The lowest BCUT2D eigenvalue weighted by molar-refractivity contribution is 0.221. The first-order chi connectivity index (χ1) is 8.18. The van der Waals surface area contributed by atoms with Gasteiger partial charge in [0.15, 0.2) is 0 Å². The highest BCUT2D eigenvalue weighted by Gasteiger charge is 2.36. The molecule has 0 aliphatic heterocycles. The summed E-state index contributed by atoms with van der Waals surface area (Å²) in [6.07, 6.45) is 10.3. The van der Waals surface area contributed by atoms with E-state index in [0.717, 1.165) is 13.0 Å². The molecule has 1 fully saturated rings. The highest BCUT2D eigenvalue weighted by atomic mass is 15.3. The molecular formula is C13H24N4. The molecule has 2 rings (SSSR count). The topological polar surface area (TPSA) is 55.9 Å². The number of hydrogen-bond acceptors (Lipinski definition) is 3. The van der Waals surface area contributed by atoms with Gasteiger partial charge in [0.05, 0.1) is 6.20 Å². The molecule has 0 spiro atoms. The zero-order chi connectivity index (χ0) is 12.3. The third-order valence-electron chi connectivity index (χ3n) is 4.24. The summed E-state index contributed by atoms with van der Waals surface area (Å²) in [4.78, 5) is 0. The fraction of sp³-hybridized carbons (Fsp3) is 0.769. The maximum Gasteiger partial charge on any atom is 0.0522 e. The van der Waals surface area contributed by atoms with E-state index in [4.69, 9.17) is 5.84 Å². The number of aryl methyl sites for hydroxylation is 1. The van der Waals surface area contributed by atoms with Crippen molar-refractivity contribution >= 4 is 0 Å². The minimum absolute atomic E-state index is 0.350. The van der Waals surface area contributed by atoms with Gasteiger partial charge < -0.3 is 0 Å². The van der Waals surface area contributed by atoms with Crippen LogP contribution in [0.1, 0.15) is 45.1 Å².